The molecule has 3 saturated carbocycles. The quantitative estimate of drug-likeness (QED) is 0.529. The molecule has 0 heterocycles. The highest BCUT2D eigenvalue weighted by Gasteiger charge is 2.56. The Morgan fingerprint density at radius 3 is 2.81 bits per heavy atom. The van der Waals surface area contributed by atoms with E-state index in [0.29, 0.717) is 18.4 Å². The lowest BCUT2D eigenvalue weighted by Crippen LogP contribution is -2.48. The van der Waals surface area contributed by atoms with E-state index >= 15 is 0 Å². The largest absolute Gasteiger partial charge is 0.462 e. The highest BCUT2D eigenvalue weighted by atomic mass is 16.5. The van der Waals surface area contributed by atoms with Crippen molar-refractivity contribution in [1.82, 2.24) is 0 Å². The van der Waals surface area contributed by atoms with Gasteiger partial charge in [0.2, 0.25) is 0 Å². The van der Waals surface area contributed by atoms with E-state index in [0.717, 1.165) is 18.8 Å². The molecule has 0 unspecified atom stereocenters. The van der Waals surface area contributed by atoms with E-state index in [2.05, 4.69) is 26.0 Å². The summed E-state index contributed by atoms with van der Waals surface area (Å²) < 4.78 is 5.17. The fraction of sp³-hybridized carbons (Fsp3) is 0.652. The van der Waals surface area contributed by atoms with Crippen molar-refractivity contribution in [2.45, 2.75) is 59.3 Å². The Kier molecular flexibility index (Phi) is 4.24. The van der Waals surface area contributed by atoms with E-state index in [9.17, 15) is 9.59 Å². The topological polar surface area (TPSA) is 43.4 Å². The molecule has 0 N–H and O–H groups in total. The first-order chi connectivity index (χ1) is 12.3. The highest BCUT2D eigenvalue weighted by molar-refractivity contribution is 6.01. The maximum absolute atomic E-state index is 11.8. The van der Waals surface area contributed by atoms with Crippen molar-refractivity contribution in [2.75, 3.05) is 6.61 Å². The van der Waals surface area contributed by atoms with Crippen LogP contribution in [0.2, 0.25) is 0 Å². The maximum atomic E-state index is 11.8. The summed E-state index contributed by atoms with van der Waals surface area (Å²) in [5, 5.41) is 0. The second-order valence-electron chi connectivity index (χ2n) is 9.13. The van der Waals surface area contributed by atoms with Crippen LogP contribution in [0, 0.1) is 28.6 Å². The lowest BCUT2D eigenvalue weighted by atomic mass is 9.48. The minimum atomic E-state index is -0.205. The number of hydrogen-bond acceptors (Lipinski definition) is 3. The Balaban J connectivity index is 1.58. The van der Waals surface area contributed by atoms with Gasteiger partial charge in [-0.1, -0.05) is 31.1 Å². The van der Waals surface area contributed by atoms with Crippen LogP contribution in [0.1, 0.15) is 59.3 Å². The molecular formula is C23H30O3. The van der Waals surface area contributed by atoms with Gasteiger partial charge in [-0.3, -0.25) is 9.59 Å². The average molecular weight is 354 g/mol. The molecule has 26 heavy (non-hydrogen) atoms. The van der Waals surface area contributed by atoms with E-state index in [4.69, 9.17) is 4.74 Å². The summed E-state index contributed by atoms with van der Waals surface area (Å²) in [7, 11) is 0. The monoisotopic (exact) mass is 354 g/mol. The minimum Gasteiger partial charge on any atom is -0.462 e. The van der Waals surface area contributed by atoms with Crippen molar-refractivity contribution in [1.29, 1.82) is 0 Å². The van der Waals surface area contributed by atoms with Gasteiger partial charge < -0.3 is 4.74 Å². The number of esters is 1. The molecule has 0 aromatic rings. The number of rotatable bonds is 2. The summed E-state index contributed by atoms with van der Waals surface area (Å²) in [4.78, 5) is 22.9. The Labute approximate surface area is 156 Å². The average Bonchev–Trinajstić information content (AvgIpc) is 2.92. The third-order valence-corrected chi connectivity index (χ3v) is 8.02. The van der Waals surface area contributed by atoms with Crippen LogP contribution >= 0.6 is 0 Å². The first kappa shape index (κ1) is 17.8. The lowest BCUT2D eigenvalue weighted by molar-refractivity contribution is -0.139. The van der Waals surface area contributed by atoms with Crippen molar-refractivity contribution in [3.63, 3.8) is 0 Å². The molecule has 3 nitrogen and oxygen atoms in total. The minimum absolute atomic E-state index is 0.0718. The van der Waals surface area contributed by atoms with Crippen molar-refractivity contribution in [2.24, 2.45) is 28.6 Å². The summed E-state index contributed by atoms with van der Waals surface area (Å²) in [5.74, 6) is 2.05. The van der Waals surface area contributed by atoms with Gasteiger partial charge in [0.05, 0.1) is 0 Å². The first-order valence-electron chi connectivity index (χ1n) is 10.1. The zero-order valence-electron chi connectivity index (χ0n) is 16.2. The van der Waals surface area contributed by atoms with Gasteiger partial charge in [-0.25, -0.2) is 0 Å². The smallest absolute Gasteiger partial charge is 0.302 e. The van der Waals surface area contributed by atoms with Gasteiger partial charge >= 0.3 is 5.97 Å². The van der Waals surface area contributed by atoms with Gasteiger partial charge in [-0.05, 0) is 79.9 Å². The normalized spacial score (nSPS) is 42.7. The van der Waals surface area contributed by atoms with Gasteiger partial charge in [0.1, 0.15) is 6.61 Å². The Bertz CT molecular complexity index is 728. The Morgan fingerprint density at radius 2 is 2.04 bits per heavy atom. The SMILES string of the molecule is CC(=O)OC/C=C1\CC[C@H]2[C@@H]3CCC4=CC(=O)C=C[C@]4(C)[C@H]3CC[C@]12C. The van der Waals surface area contributed by atoms with E-state index in [1.165, 1.54) is 43.8 Å². The number of ketones is 1. The van der Waals surface area contributed by atoms with E-state index in [1.807, 2.05) is 6.08 Å². The van der Waals surface area contributed by atoms with Crippen LogP contribution in [-0.2, 0) is 14.3 Å². The zero-order valence-corrected chi connectivity index (χ0v) is 16.2. The second kappa shape index (κ2) is 6.21. The Hall–Kier alpha value is -1.64. The number of fused-ring (bicyclic) bond motifs is 5. The molecule has 3 heteroatoms. The summed E-state index contributed by atoms with van der Waals surface area (Å²) in [5.41, 5.74) is 3.19. The molecular weight excluding hydrogens is 324 g/mol. The predicted molar refractivity (Wildman–Crippen MR) is 101 cm³/mol. The molecule has 4 rings (SSSR count). The van der Waals surface area contributed by atoms with Gasteiger partial charge in [-0.2, -0.15) is 0 Å². The molecule has 0 aromatic heterocycles. The third kappa shape index (κ3) is 2.62. The van der Waals surface area contributed by atoms with Crippen molar-refractivity contribution in [3.05, 3.63) is 35.5 Å². The van der Waals surface area contributed by atoms with Crippen LogP contribution in [0.25, 0.3) is 0 Å². The van der Waals surface area contributed by atoms with Crippen molar-refractivity contribution in [3.8, 4) is 0 Å². The lowest BCUT2D eigenvalue weighted by Gasteiger charge is -2.56. The number of hydrogen-bond donors (Lipinski definition) is 0. The summed E-state index contributed by atoms with van der Waals surface area (Å²) >= 11 is 0. The fourth-order valence-electron chi connectivity index (χ4n) is 6.64. The molecule has 4 aliphatic carbocycles. The molecule has 140 valence electrons. The maximum Gasteiger partial charge on any atom is 0.302 e. The van der Waals surface area contributed by atoms with Crippen LogP contribution in [0.3, 0.4) is 0 Å². The molecule has 0 radical (unpaired) electrons. The standard InChI is InChI=1S/C23H30O3/c1-15(24)26-13-10-16-5-7-20-19-6-4-17-14-18(25)8-11-23(17,3)21(19)9-12-22(16,20)2/h8,10-11,14,19-21H,4-7,9,12-13H2,1-3H3/b16-10+/t19-,20-,21-,22+,23-/m0/s1. The van der Waals surface area contributed by atoms with Crippen molar-refractivity contribution < 1.29 is 14.3 Å². The Morgan fingerprint density at radius 1 is 1.23 bits per heavy atom. The number of carbonyl (C=O) groups excluding carboxylic acids is 2. The van der Waals surface area contributed by atoms with E-state index in [1.54, 1.807) is 6.08 Å². The molecule has 0 aromatic carbocycles. The van der Waals surface area contributed by atoms with Gasteiger partial charge in [0, 0.05) is 12.3 Å². The summed E-state index contributed by atoms with van der Waals surface area (Å²) in [6.07, 6.45) is 15.2. The molecule has 0 spiro atoms. The molecule has 0 amide bonds. The number of allylic oxidation sites excluding steroid dienone is 5. The fourth-order valence-corrected chi connectivity index (χ4v) is 6.64. The van der Waals surface area contributed by atoms with Crippen molar-refractivity contribution >= 4 is 11.8 Å². The number of ether oxygens (including phenoxy) is 1. The third-order valence-electron chi connectivity index (χ3n) is 8.02. The van der Waals surface area contributed by atoms with Crippen LogP contribution in [-0.4, -0.2) is 18.4 Å². The molecule has 0 bridgehead atoms. The van der Waals surface area contributed by atoms with E-state index in [-0.39, 0.29) is 22.6 Å². The van der Waals surface area contributed by atoms with Crippen LogP contribution in [0.4, 0.5) is 0 Å². The highest BCUT2D eigenvalue weighted by Crippen LogP contribution is 2.65. The number of carbonyl (C=O) groups is 2. The predicted octanol–water partition coefficient (Wildman–Crippen LogP) is 4.78. The first-order valence-corrected chi connectivity index (χ1v) is 10.1. The molecule has 0 saturated heterocycles. The van der Waals surface area contributed by atoms with E-state index < -0.39 is 0 Å². The summed E-state index contributed by atoms with van der Waals surface area (Å²) in [6.45, 7) is 6.68. The molecule has 5 atom stereocenters. The van der Waals surface area contributed by atoms with Gasteiger partial charge in [0.15, 0.2) is 5.78 Å². The summed E-state index contributed by atoms with van der Waals surface area (Å²) in [6, 6.07) is 0. The molecule has 0 aliphatic heterocycles. The second-order valence-corrected chi connectivity index (χ2v) is 9.13. The van der Waals surface area contributed by atoms with Gasteiger partial charge in [0.25, 0.3) is 0 Å². The van der Waals surface area contributed by atoms with Crippen LogP contribution in [0.15, 0.2) is 35.5 Å². The van der Waals surface area contributed by atoms with Gasteiger partial charge in [-0.15, -0.1) is 0 Å². The van der Waals surface area contributed by atoms with Crippen LogP contribution < -0.4 is 0 Å². The van der Waals surface area contributed by atoms with Crippen LogP contribution in [0.5, 0.6) is 0 Å². The molecule has 4 aliphatic rings. The molecule has 3 fully saturated rings. The zero-order chi connectivity index (χ0) is 18.5.